The van der Waals surface area contributed by atoms with E-state index in [1.165, 1.54) is 11.1 Å². The third-order valence-electron chi connectivity index (χ3n) is 2.83. The van der Waals surface area contributed by atoms with Gasteiger partial charge in [0.25, 0.3) is 0 Å². The number of carboxylic acid groups (broad SMARTS) is 1. The molecule has 0 amide bonds. The molecule has 0 aliphatic heterocycles. The number of aryl methyl sites for hydroxylation is 2. The maximum Gasteiger partial charge on any atom is 0.353 e. The van der Waals surface area contributed by atoms with Gasteiger partial charge >= 0.3 is 5.97 Å². The van der Waals surface area contributed by atoms with Gasteiger partial charge in [-0.1, -0.05) is 19.1 Å². The third-order valence-corrected chi connectivity index (χ3v) is 2.83. The minimum atomic E-state index is -0.995. The SMILES string of the molecule is CCc1ccc(-c2cc(C(=O)O)[nH]n2)cc1C. The van der Waals surface area contributed by atoms with Gasteiger partial charge in [-0.25, -0.2) is 4.79 Å². The van der Waals surface area contributed by atoms with Gasteiger partial charge in [-0.3, -0.25) is 5.10 Å². The van der Waals surface area contributed by atoms with Crippen LogP contribution in [0.1, 0.15) is 28.5 Å². The predicted molar refractivity (Wildman–Crippen MR) is 65.1 cm³/mol. The molecule has 0 bridgehead atoms. The van der Waals surface area contributed by atoms with Crippen LogP contribution in [0.3, 0.4) is 0 Å². The number of nitrogens with one attached hydrogen (secondary N) is 1. The molecule has 17 heavy (non-hydrogen) atoms. The van der Waals surface area contributed by atoms with Gasteiger partial charge < -0.3 is 5.11 Å². The summed E-state index contributed by atoms with van der Waals surface area (Å²) in [6.07, 6.45) is 0.993. The maximum atomic E-state index is 10.7. The Bertz CT molecular complexity index is 558. The van der Waals surface area contributed by atoms with Crippen LogP contribution in [0.15, 0.2) is 24.3 Å². The van der Waals surface area contributed by atoms with E-state index in [0.717, 1.165) is 12.0 Å². The highest BCUT2D eigenvalue weighted by Crippen LogP contribution is 2.21. The zero-order chi connectivity index (χ0) is 12.4. The number of aromatic carboxylic acids is 1. The topological polar surface area (TPSA) is 66.0 Å². The van der Waals surface area contributed by atoms with Crippen molar-refractivity contribution in [2.45, 2.75) is 20.3 Å². The van der Waals surface area contributed by atoms with E-state index in [2.05, 4.69) is 23.2 Å². The van der Waals surface area contributed by atoms with Crippen LogP contribution in [0.25, 0.3) is 11.3 Å². The maximum absolute atomic E-state index is 10.7. The van der Waals surface area contributed by atoms with Crippen molar-refractivity contribution < 1.29 is 9.90 Å². The highest BCUT2D eigenvalue weighted by atomic mass is 16.4. The lowest BCUT2D eigenvalue weighted by Gasteiger charge is -2.04. The molecule has 88 valence electrons. The molecule has 1 aromatic carbocycles. The lowest BCUT2D eigenvalue weighted by atomic mass is 10.0. The Kier molecular flexibility index (Phi) is 2.95. The molecular weight excluding hydrogens is 216 g/mol. The molecule has 4 nitrogen and oxygen atoms in total. The number of benzene rings is 1. The first-order valence-corrected chi connectivity index (χ1v) is 5.50. The quantitative estimate of drug-likeness (QED) is 0.851. The standard InChI is InChI=1S/C13H14N2O2/c1-3-9-4-5-10(6-8(9)2)11-7-12(13(16)17)15-14-11/h4-7H,3H2,1-2H3,(H,14,15)(H,16,17). The average molecular weight is 230 g/mol. The van der Waals surface area contributed by atoms with E-state index in [0.29, 0.717) is 5.69 Å². The second-order valence-electron chi connectivity index (χ2n) is 3.97. The van der Waals surface area contributed by atoms with E-state index in [9.17, 15) is 4.79 Å². The summed E-state index contributed by atoms with van der Waals surface area (Å²) in [5.74, 6) is -0.995. The summed E-state index contributed by atoms with van der Waals surface area (Å²) in [5.41, 5.74) is 4.20. The predicted octanol–water partition coefficient (Wildman–Crippen LogP) is 2.65. The zero-order valence-corrected chi connectivity index (χ0v) is 9.82. The fourth-order valence-corrected chi connectivity index (χ4v) is 1.83. The second-order valence-corrected chi connectivity index (χ2v) is 3.97. The van der Waals surface area contributed by atoms with Crippen molar-refractivity contribution in [3.63, 3.8) is 0 Å². The van der Waals surface area contributed by atoms with Gasteiger partial charge in [-0.2, -0.15) is 5.10 Å². The van der Waals surface area contributed by atoms with Gasteiger partial charge in [0.15, 0.2) is 0 Å². The Morgan fingerprint density at radius 2 is 2.18 bits per heavy atom. The van der Waals surface area contributed by atoms with Gasteiger partial charge in [-0.05, 0) is 36.6 Å². The fraction of sp³-hybridized carbons (Fsp3) is 0.231. The molecule has 0 saturated carbocycles. The first kappa shape index (κ1) is 11.4. The lowest BCUT2D eigenvalue weighted by Crippen LogP contribution is -1.95. The molecule has 0 fully saturated rings. The average Bonchev–Trinajstić information content (AvgIpc) is 2.78. The smallest absolute Gasteiger partial charge is 0.353 e. The van der Waals surface area contributed by atoms with E-state index >= 15 is 0 Å². The van der Waals surface area contributed by atoms with Crippen molar-refractivity contribution in [3.8, 4) is 11.3 Å². The van der Waals surface area contributed by atoms with Crippen LogP contribution in [0.2, 0.25) is 0 Å². The largest absolute Gasteiger partial charge is 0.477 e. The number of hydrogen-bond donors (Lipinski definition) is 2. The van der Waals surface area contributed by atoms with Crippen molar-refractivity contribution in [3.05, 3.63) is 41.1 Å². The highest BCUT2D eigenvalue weighted by Gasteiger charge is 2.09. The monoisotopic (exact) mass is 230 g/mol. The van der Waals surface area contributed by atoms with Crippen LogP contribution in [0, 0.1) is 6.92 Å². The molecule has 2 aromatic rings. The molecule has 0 spiro atoms. The number of carboxylic acids is 1. The number of hydrogen-bond acceptors (Lipinski definition) is 2. The number of aromatic nitrogens is 2. The summed E-state index contributed by atoms with van der Waals surface area (Å²) in [4.78, 5) is 10.7. The molecule has 4 heteroatoms. The van der Waals surface area contributed by atoms with Gasteiger partial charge in [0, 0.05) is 5.56 Å². The van der Waals surface area contributed by atoms with Crippen molar-refractivity contribution in [2.75, 3.05) is 0 Å². The van der Waals surface area contributed by atoms with Crippen molar-refractivity contribution >= 4 is 5.97 Å². The molecular formula is C13H14N2O2. The van der Waals surface area contributed by atoms with Crippen LogP contribution >= 0.6 is 0 Å². The molecule has 0 atom stereocenters. The number of aromatic amines is 1. The van der Waals surface area contributed by atoms with Gasteiger partial charge in [0.2, 0.25) is 0 Å². The molecule has 0 saturated heterocycles. The fourth-order valence-electron chi connectivity index (χ4n) is 1.83. The Hall–Kier alpha value is -2.10. The number of carbonyl (C=O) groups is 1. The van der Waals surface area contributed by atoms with Crippen LogP contribution in [0.5, 0.6) is 0 Å². The highest BCUT2D eigenvalue weighted by molar-refractivity contribution is 5.86. The molecule has 0 radical (unpaired) electrons. The van der Waals surface area contributed by atoms with Crippen LogP contribution in [0.4, 0.5) is 0 Å². The van der Waals surface area contributed by atoms with E-state index < -0.39 is 5.97 Å². The molecule has 1 heterocycles. The molecule has 2 rings (SSSR count). The lowest BCUT2D eigenvalue weighted by molar-refractivity contribution is 0.0690. The summed E-state index contributed by atoms with van der Waals surface area (Å²) in [7, 11) is 0. The van der Waals surface area contributed by atoms with Crippen molar-refractivity contribution in [1.82, 2.24) is 10.2 Å². The number of rotatable bonds is 3. The first-order chi connectivity index (χ1) is 8.11. The summed E-state index contributed by atoms with van der Waals surface area (Å²) < 4.78 is 0. The Labute approximate surface area is 99.3 Å². The molecule has 0 aliphatic carbocycles. The van der Waals surface area contributed by atoms with Crippen molar-refractivity contribution in [1.29, 1.82) is 0 Å². The van der Waals surface area contributed by atoms with Crippen LogP contribution in [-0.2, 0) is 6.42 Å². The Morgan fingerprint density at radius 3 is 2.71 bits per heavy atom. The summed E-state index contributed by atoms with van der Waals surface area (Å²) in [6, 6.07) is 7.59. The van der Waals surface area contributed by atoms with Gasteiger partial charge in [-0.15, -0.1) is 0 Å². The summed E-state index contributed by atoms with van der Waals surface area (Å²) in [6.45, 7) is 4.16. The number of nitrogens with zero attached hydrogens (tertiary/aromatic N) is 1. The minimum absolute atomic E-state index is 0.109. The minimum Gasteiger partial charge on any atom is -0.477 e. The normalized spacial score (nSPS) is 10.5. The van der Waals surface area contributed by atoms with Crippen LogP contribution in [-0.4, -0.2) is 21.3 Å². The van der Waals surface area contributed by atoms with E-state index in [1.54, 1.807) is 6.07 Å². The van der Waals surface area contributed by atoms with E-state index in [1.807, 2.05) is 19.1 Å². The van der Waals surface area contributed by atoms with E-state index in [4.69, 9.17) is 5.11 Å². The second kappa shape index (κ2) is 4.41. The van der Waals surface area contributed by atoms with Gasteiger partial charge in [0.1, 0.15) is 5.69 Å². The molecule has 0 aliphatic rings. The Balaban J connectivity index is 2.39. The Morgan fingerprint density at radius 1 is 1.41 bits per heavy atom. The number of H-pyrrole nitrogens is 1. The zero-order valence-electron chi connectivity index (χ0n) is 9.82. The van der Waals surface area contributed by atoms with Gasteiger partial charge in [0.05, 0.1) is 5.69 Å². The molecule has 2 N–H and O–H groups in total. The summed E-state index contributed by atoms with van der Waals surface area (Å²) in [5, 5.41) is 15.3. The van der Waals surface area contributed by atoms with Crippen molar-refractivity contribution in [2.24, 2.45) is 0 Å². The first-order valence-electron chi connectivity index (χ1n) is 5.50. The molecule has 0 unspecified atom stereocenters. The summed E-state index contributed by atoms with van der Waals surface area (Å²) >= 11 is 0. The third kappa shape index (κ3) is 2.20. The van der Waals surface area contributed by atoms with Crippen LogP contribution < -0.4 is 0 Å². The van der Waals surface area contributed by atoms with E-state index in [-0.39, 0.29) is 5.69 Å². The molecule has 1 aromatic heterocycles.